The number of carbonyl (C=O) groups is 2. The fraction of sp³-hybridized carbons (Fsp3) is 0.211. The third-order valence-electron chi connectivity index (χ3n) is 3.51. The van der Waals surface area contributed by atoms with E-state index in [2.05, 4.69) is 15.8 Å². The van der Waals surface area contributed by atoms with Crippen molar-refractivity contribution in [2.45, 2.75) is 20.8 Å². The van der Waals surface area contributed by atoms with Gasteiger partial charge in [0.05, 0.1) is 12.8 Å². The van der Waals surface area contributed by atoms with E-state index >= 15 is 0 Å². The van der Waals surface area contributed by atoms with Crippen LogP contribution < -0.4 is 15.5 Å². The van der Waals surface area contributed by atoms with E-state index in [1.807, 2.05) is 51.1 Å². The summed E-state index contributed by atoms with van der Waals surface area (Å²) < 4.78 is 5.46. The van der Waals surface area contributed by atoms with E-state index in [-0.39, 0.29) is 0 Å². The van der Waals surface area contributed by atoms with Crippen molar-refractivity contribution in [2.75, 3.05) is 11.9 Å². The molecule has 2 rings (SSSR count). The number of carbonyl (C=O) groups excluding carboxylic acids is 2. The van der Waals surface area contributed by atoms with Gasteiger partial charge in [-0.2, -0.15) is 5.10 Å². The largest absolute Gasteiger partial charge is 0.493 e. The number of amides is 2. The molecule has 0 fully saturated rings. The molecule has 25 heavy (non-hydrogen) atoms. The second-order valence-corrected chi connectivity index (χ2v) is 5.39. The molecule has 0 saturated heterocycles. The van der Waals surface area contributed by atoms with Crippen molar-refractivity contribution >= 4 is 23.7 Å². The van der Waals surface area contributed by atoms with Crippen LogP contribution >= 0.6 is 0 Å². The van der Waals surface area contributed by atoms with Crippen molar-refractivity contribution in [1.82, 2.24) is 5.43 Å². The maximum Gasteiger partial charge on any atom is 0.329 e. The number of hydrogen-bond donors (Lipinski definition) is 2. The zero-order valence-electron chi connectivity index (χ0n) is 14.5. The highest BCUT2D eigenvalue weighted by atomic mass is 16.5. The Hall–Kier alpha value is -3.15. The molecule has 0 aromatic heterocycles. The summed E-state index contributed by atoms with van der Waals surface area (Å²) in [6, 6.07) is 12.9. The minimum atomic E-state index is -0.840. The zero-order valence-corrected chi connectivity index (χ0v) is 14.5. The molecule has 0 radical (unpaired) electrons. The topological polar surface area (TPSA) is 79.8 Å². The molecule has 130 valence electrons. The smallest absolute Gasteiger partial charge is 0.329 e. The summed E-state index contributed by atoms with van der Waals surface area (Å²) in [6.45, 7) is 6.13. The van der Waals surface area contributed by atoms with Gasteiger partial charge in [-0.15, -0.1) is 0 Å². The van der Waals surface area contributed by atoms with Crippen molar-refractivity contribution < 1.29 is 14.3 Å². The zero-order chi connectivity index (χ0) is 18.2. The fourth-order valence-corrected chi connectivity index (χ4v) is 2.27. The number of hydrazone groups is 1. The lowest BCUT2D eigenvalue weighted by molar-refractivity contribution is -0.136. The maximum absolute atomic E-state index is 12.0. The predicted octanol–water partition coefficient (Wildman–Crippen LogP) is 2.79. The van der Waals surface area contributed by atoms with Crippen LogP contribution in [-0.2, 0) is 9.59 Å². The lowest BCUT2D eigenvalue weighted by Crippen LogP contribution is -2.32. The Morgan fingerprint density at radius 3 is 2.40 bits per heavy atom. The van der Waals surface area contributed by atoms with Gasteiger partial charge >= 0.3 is 11.8 Å². The molecular weight excluding hydrogens is 318 g/mol. The molecule has 2 aromatic rings. The number of hydrogen-bond acceptors (Lipinski definition) is 4. The van der Waals surface area contributed by atoms with E-state index in [9.17, 15) is 9.59 Å². The average molecular weight is 339 g/mol. The Labute approximate surface area is 146 Å². The van der Waals surface area contributed by atoms with E-state index in [1.165, 1.54) is 6.21 Å². The van der Waals surface area contributed by atoms with Gasteiger partial charge in [0.1, 0.15) is 5.75 Å². The number of anilines is 1. The van der Waals surface area contributed by atoms with Crippen LogP contribution in [0.2, 0.25) is 0 Å². The summed E-state index contributed by atoms with van der Waals surface area (Å²) in [4.78, 5) is 23.9. The minimum Gasteiger partial charge on any atom is -0.493 e. The predicted molar refractivity (Wildman–Crippen MR) is 97.9 cm³/mol. The van der Waals surface area contributed by atoms with E-state index in [4.69, 9.17) is 4.74 Å². The van der Waals surface area contributed by atoms with Crippen LogP contribution in [0.5, 0.6) is 5.75 Å². The molecule has 0 bridgehead atoms. The van der Waals surface area contributed by atoms with Crippen LogP contribution in [0.4, 0.5) is 5.69 Å². The van der Waals surface area contributed by atoms with E-state index in [1.54, 1.807) is 12.1 Å². The van der Waals surface area contributed by atoms with Gasteiger partial charge in [-0.05, 0) is 44.0 Å². The molecule has 2 amide bonds. The molecule has 6 nitrogen and oxygen atoms in total. The molecule has 6 heteroatoms. The minimum absolute atomic E-state index is 0.523. The SMILES string of the molecule is CCOc1ccccc1/C=N/NC(=O)C(=O)Nc1c(C)cccc1C. The van der Waals surface area contributed by atoms with Crippen LogP contribution in [0.15, 0.2) is 47.6 Å². The molecule has 2 N–H and O–H groups in total. The summed E-state index contributed by atoms with van der Waals surface area (Å²) in [5.74, 6) is -0.955. The second-order valence-electron chi connectivity index (χ2n) is 5.39. The van der Waals surface area contributed by atoms with E-state index in [0.717, 1.165) is 11.1 Å². The number of rotatable bonds is 5. The number of aryl methyl sites for hydroxylation is 2. The molecular formula is C19H21N3O3. The monoisotopic (exact) mass is 339 g/mol. The van der Waals surface area contributed by atoms with Crippen LogP contribution in [0.3, 0.4) is 0 Å². The normalized spacial score (nSPS) is 10.5. The van der Waals surface area contributed by atoms with Gasteiger partial charge in [-0.1, -0.05) is 30.3 Å². The van der Waals surface area contributed by atoms with Gasteiger partial charge in [0, 0.05) is 11.3 Å². The highest BCUT2D eigenvalue weighted by Gasteiger charge is 2.15. The molecule has 0 aliphatic rings. The van der Waals surface area contributed by atoms with Gasteiger partial charge in [0.25, 0.3) is 0 Å². The maximum atomic E-state index is 12.0. The molecule has 0 saturated carbocycles. The summed E-state index contributed by atoms with van der Waals surface area (Å²) in [7, 11) is 0. The van der Waals surface area contributed by atoms with E-state index < -0.39 is 11.8 Å². The van der Waals surface area contributed by atoms with Crippen molar-refractivity contribution in [2.24, 2.45) is 5.10 Å². The summed E-state index contributed by atoms with van der Waals surface area (Å²) in [5, 5.41) is 6.44. The Bertz CT molecular complexity index is 780. The Morgan fingerprint density at radius 1 is 1.04 bits per heavy atom. The Kier molecular flexibility index (Phi) is 6.28. The lowest BCUT2D eigenvalue weighted by atomic mass is 10.1. The highest BCUT2D eigenvalue weighted by molar-refractivity contribution is 6.39. The molecule has 0 heterocycles. The number of nitrogens with one attached hydrogen (secondary N) is 2. The third-order valence-corrected chi connectivity index (χ3v) is 3.51. The molecule has 0 spiro atoms. The van der Waals surface area contributed by atoms with Gasteiger partial charge in [-0.3, -0.25) is 9.59 Å². The van der Waals surface area contributed by atoms with Crippen LogP contribution in [-0.4, -0.2) is 24.6 Å². The first-order valence-corrected chi connectivity index (χ1v) is 7.95. The Balaban J connectivity index is 1.99. The third kappa shape index (κ3) is 4.91. The van der Waals surface area contributed by atoms with E-state index in [0.29, 0.717) is 23.6 Å². The first-order valence-electron chi connectivity index (χ1n) is 7.95. The second kappa shape index (κ2) is 8.63. The summed E-state index contributed by atoms with van der Waals surface area (Å²) >= 11 is 0. The van der Waals surface area contributed by atoms with Crippen molar-refractivity contribution in [3.8, 4) is 5.75 Å². The van der Waals surface area contributed by atoms with Gasteiger partial charge in [0.15, 0.2) is 0 Å². The molecule has 0 aliphatic carbocycles. The van der Waals surface area contributed by atoms with Gasteiger partial charge in [-0.25, -0.2) is 5.43 Å². The van der Waals surface area contributed by atoms with Crippen LogP contribution in [0, 0.1) is 13.8 Å². The Morgan fingerprint density at radius 2 is 1.72 bits per heavy atom. The first-order chi connectivity index (χ1) is 12.0. The van der Waals surface area contributed by atoms with Crippen molar-refractivity contribution in [1.29, 1.82) is 0 Å². The number of nitrogens with zero attached hydrogens (tertiary/aromatic N) is 1. The number of para-hydroxylation sites is 2. The van der Waals surface area contributed by atoms with Crippen LogP contribution in [0.1, 0.15) is 23.6 Å². The fourth-order valence-electron chi connectivity index (χ4n) is 2.27. The number of ether oxygens (including phenoxy) is 1. The van der Waals surface area contributed by atoms with Crippen molar-refractivity contribution in [3.63, 3.8) is 0 Å². The standard InChI is InChI=1S/C19H21N3O3/c1-4-25-16-11-6-5-10-15(16)12-20-22-19(24)18(23)21-17-13(2)8-7-9-14(17)3/h5-12H,4H2,1-3H3,(H,21,23)(H,22,24)/b20-12+. The van der Waals surface area contributed by atoms with Crippen molar-refractivity contribution in [3.05, 3.63) is 59.2 Å². The first kappa shape index (κ1) is 18.2. The van der Waals surface area contributed by atoms with Crippen LogP contribution in [0.25, 0.3) is 0 Å². The van der Waals surface area contributed by atoms with Gasteiger partial charge in [0.2, 0.25) is 0 Å². The highest BCUT2D eigenvalue weighted by Crippen LogP contribution is 2.19. The summed E-state index contributed by atoms with van der Waals surface area (Å²) in [5.41, 5.74) is 5.33. The number of benzene rings is 2. The molecule has 0 unspecified atom stereocenters. The lowest BCUT2D eigenvalue weighted by Gasteiger charge is -2.10. The molecule has 0 atom stereocenters. The molecule has 0 aliphatic heterocycles. The molecule has 2 aromatic carbocycles. The average Bonchev–Trinajstić information content (AvgIpc) is 2.59. The quantitative estimate of drug-likeness (QED) is 0.499. The summed E-state index contributed by atoms with van der Waals surface area (Å²) in [6.07, 6.45) is 1.44. The van der Waals surface area contributed by atoms with Gasteiger partial charge < -0.3 is 10.1 Å².